The second-order valence-corrected chi connectivity index (χ2v) is 4.87. The van der Waals surface area contributed by atoms with Crippen LogP contribution in [-0.2, 0) is 0 Å². The topological polar surface area (TPSA) is 42.2 Å². The molecule has 3 rings (SSSR count). The molecule has 0 radical (unpaired) electrons. The van der Waals surface area contributed by atoms with Crippen LogP contribution in [0.15, 0.2) is 52.9 Å². The lowest BCUT2D eigenvalue weighted by molar-refractivity contribution is 0.582. The molecule has 3 aromatic rings. The van der Waals surface area contributed by atoms with Gasteiger partial charge in [0.05, 0.1) is 0 Å². The van der Waals surface area contributed by atoms with Crippen LogP contribution < -0.4 is 4.90 Å². The van der Waals surface area contributed by atoms with E-state index in [9.17, 15) is 4.39 Å². The average Bonchev–Trinajstić information content (AvgIpc) is 2.97. The van der Waals surface area contributed by atoms with Crippen LogP contribution >= 0.6 is 0 Å². The second-order valence-electron chi connectivity index (χ2n) is 4.87. The lowest BCUT2D eigenvalue weighted by Crippen LogP contribution is -2.08. The molecule has 21 heavy (non-hydrogen) atoms. The Hall–Kier alpha value is -2.69. The van der Waals surface area contributed by atoms with Crippen LogP contribution in [-0.4, -0.2) is 24.3 Å². The normalized spacial score (nSPS) is 10.6. The highest BCUT2D eigenvalue weighted by Crippen LogP contribution is 2.26. The quantitative estimate of drug-likeness (QED) is 0.736. The highest BCUT2D eigenvalue weighted by Gasteiger charge is 2.11. The van der Waals surface area contributed by atoms with Gasteiger partial charge in [-0.05, 0) is 36.4 Å². The maximum Gasteiger partial charge on any atom is 0.248 e. The molecule has 0 aliphatic carbocycles. The zero-order valence-corrected chi connectivity index (χ0v) is 11.7. The minimum atomic E-state index is -0.332. The lowest BCUT2D eigenvalue weighted by atomic mass is 10.2. The molecular weight excluding hydrogens is 269 g/mol. The standard InChI is InChI=1S/C16H14FN3O/c1-20(2)14-8-4-6-12(10-14)16-19-18-15(21-16)11-5-3-7-13(17)9-11/h3-10H,1-2H3. The van der Waals surface area contributed by atoms with Gasteiger partial charge in [-0.2, -0.15) is 0 Å². The minimum absolute atomic E-state index is 0.305. The van der Waals surface area contributed by atoms with E-state index in [2.05, 4.69) is 10.2 Å². The summed E-state index contributed by atoms with van der Waals surface area (Å²) in [5, 5.41) is 8.02. The average molecular weight is 283 g/mol. The molecule has 106 valence electrons. The van der Waals surface area contributed by atoms with Gasteiger partial charge in [0, 0.05) is 30.9 Å². The van der Waals surface area contributed by atoms with E-state index in [0.717, 1.165) is 11.3 Å². The molecule has 0 saturated carbocycles. The molecule has 5 heteroatoms. The van der Waals surface area contributed by atoms with Gasteiger partial charge in [-0.3, -0.25) is 0 Å². The van der Waals surface area contributed by atoms with Gasteiger partial charge >= 0.3 is 0 Å². The molecule has 0 bridgehead atoms. The minimum Gasteiger partial charge on any atom is -0.416 e. The zero-order valence-electron chi connectivity index (χ0n) is 11.7. The number of rotatable bonds is 3. The first-order valence-corrected chi connectivity index (χ1v) is 6.51. The highest BCUT2D eigenvalue weighted by atomic mass is 19.1. The smallest absolute Gasteiger partial charge is 0.248 e. The number of aromatic nitrogens is 2. The fourth-order valence-electron chi connectivity index (χ4n) is 2.00. The molecule has 0 saturated heterocycles. The van der Waals surface area contributed by atoms with E-state index < -0.39 is 0 Å². The Balaban J connectivity index is 1.97. The number of anilines is 1. The van der Waals surface area contributed by atoms with Crippen molar-refractivity contribution in [3.8, 4) is 22.9 Å². The third-order valence-electron chi connectivity index (χ3n) is 3.11. The van der Waals surface area contributed by atoms with Gasteiger partial charge in [-0.25, -0.2) is 4.39 Å². The molecular formula is C16H14FN3O. The molecule has 1 heterocycles. The van der Waals surface area contributed by atoms with Crippen molar-refractivity contribution in [1.29, 1.82) is 0 Å². The van der Waals surface area contributed by atoms with Gasteiger partial charge in [0.25, 0.3) is 0 Å². The second kappa shape index (κ2) is 5.36. The van der Waals surface area contributed by atoms with Gasteiger partial charge in [0.1, 0.15) is 5.82 Å². The van der Waals surface area contributed by atoms with E-state index >= 15 is 0 Å². The maximum absolute atomic E-state index is 13.2. The molecule has 0 atom stereocenters. The lowest BCUT2D eigenvalue weighted by Gasteiger charge is -2.12. The molecule has 0 unspecified atom stereocenters. The van der Waals surface area contributed by atoms with Crippen LogP contribution in [0, 0.1) is 5.82 Å². The van der Waals surface area contributed by atoms with E-state index in [1.54, 1.807) is 12.1 Å². The third-order valence-corrected chi connectivity index (χ3v) is 3.11. The molecule has 0 amide bonds. The fraction of sp³-hybridized carbons (Fsp3) is 0.125. The SMILES string of the molecule is CN(C)c1cccc(-c2nnc(-c3cccc(F)c3)o2)c1. The van der Waals surface area contributed by atoms with Gasteiger partial charge in [-0.15, -0.1) is 10.2 Å². The Labute approximate surface area is 121 Å². The summed E-state index contributed by atoms with van der Waals surface area (Å²) < 4.78 is 18.9. The van der Waals surface area contributed by atoms with Crippen LogP contribution in [0.5, 0.6) is 0 Å². The van der Waals surface area contributed by atoms with Crippen LogP contribution in [0.4, 0.5) is 10.1 Å². The van der Waals surface area contributed by atoms with Crippen molar-refractivity contribution in [3.05, 3.63) is 54.3 Å². The number of benzene rings is 2. The summed E-state index contributed by atoms with van der Waals surface area (Å²) in [6.07, 6.45) is 0. The molecule has 0 aliphatic heterocycles. The molecule has 0 spiro atoms. The summed E-state index contributed by atoms with van der Waals surface area (Å²) in [7, 11) is 3.93. The first-order chi connectivity index (χ1) is 10.1. The first-order valence-electron chi connectivity index (χ1n) is 6.51. The fourth-order valence-corrected chi connectivity index (χ4v) is 2.00. The molecule has 0 aliphatic rings. The largest absolute Gasteiger partial charge is 0.416 e. The van der Waals surface area contributed by atoms with Crippen molar-refractivity contribution >= 4 is 5.69 Å². The summed E-state index contributed by atoms with van der Waals surface area (Å²) in [5.41, 5.74) is 2.44. The number of hydrogen-bond acceptors (Lipinski definition) is 4. The predicted octanol–water partition coefficient (Wildman–Crippen LogP) is 3.61. The summed E-state index contributed by atoms with van der Waals surface area (Å²) in [4.78, 5) is 1.99. The summed E-state index contributed by atoms with van der Waals surface area (Å²) >= 11 is 0. The van der Waals surface area contributed by atoms with Crippen molar-refractivity contribution in [2.75, 3.05) is 19.0 Å². The van der Waals surface area contributed by atoms with E-state index in [1.807, 2.05) is 43.3 Å². The van der Waals surface area contributed by atoms with Gasteiger partial charge in [0.15, 0.2) is 0 Å². The van der Waals surface area contributed by atoms with E-state index in [4.69, 9.17) is 4.42 Å². The summed E-state index contributed by atoms with van der Waals surface area (Å²) in [6, 6.07) is 13.9. The summed E-state index contributed by atoms with van der Waals surface area (Å²) in [5.74, 6) is 0.388. The highest BCUT2D eigenvalue weighted by molar-refractivity contribution is 5.63. The van der Waals surface area contributed by atoms with E-state index in [0.29, 0.717) is 17.3 Å². The molecule has 0 fully saturated rings. The Bertz CT molecular complexity index is 767. The zero-order chi connectivity index (χ0) is 14.8. The van der Waals surface area contributed by atoms with E-state index in [1.165, 1.54) is 12.1 Å². The molecule has 0 N–H and O–H groups in total. The van der Waals surface area contributed by atoms with Crippen molar-refractivity contribution in [1.82, 2.24) is 10.2 Å². The van der Waals surface area contributed by atoms with Crippen molar-refractivity contribution in [2.24, 2.45) is 0 Å². The number of nitrogens with zero attached hydrogens (tertiary/aromatic N) is 3. The monoisotopic (exact) mass is 283 g/mol. The van der Waals surface area contributed by atoms with Crippen LogP contribution in [0.25, 0.3) is 22.9 Å². The van der Waals surface area contributed by atoms with Crippen molar-refractivity contribution in [3.63, 3.8) is 0 Å². The molecule has 4 nitrogen and oxygen atoms in total. The van der Waals surface area contributed by atoms with Crippen LogP contribution in [0.2, 0.25) is 0 Å². The van der Waals surface area contributed by atoms with Gasteiger partial charge in [0.2, 0.25) is 11.8 Å². The molecule has 1 aromatic heterocycles. The van der Waals surface area contributed by atoms with Crippen LogP contribution in [0.3, 0.4) is 0 Å². The number of hydrogen-bond donors (Lipinski definition) is 0. The Morgan fingerprint density at radius 1 is 0.905 bits per heavy atom. The predicted molar refractivity (Wildman–Crippen MR) is 79.5 cm³/mol. The molecule has 2 aromatic carbocycles. The van der Waals surface area contributed by atoms with Gasteiger partial charge < -0.3 is 9.32 Å². The summed E-state index contributed by atoms with van der Waals surface area (Å²) in [6.45, 7) is 0. The van der Waals surface area contributed by atoms with E-state index in [-0.39, 0.29) is 5.82 Å². The Kier molecular flexibility index (Phi) is 3.39. The van der Waals surface area contributed by atoms with Crippen LogP contribution in [0.1, 0.15) is 0 Å². The maximum atomic E-state index is 13.2. The Morgan fingerprint density at radius 3 is 2.14 bits per heavy atom. The first kappa shape index (κ1) is 13.3. The Morgan fingerprint density at radius 2 is 1.52 bits per heavy atom. The number of halogens is 1. The van der Waals surface area contributed by atoms with Crippen molar-refractivity contribution < 1.29 is 8.81 Å². The third kappa shape index (κ3) is 2.76. The van der Waals surface area contributed by atoms with Gasteiger partial charge in [-0.1, -0.05) is 12.1 Å². The van der Waals surface area contributed by atoms with Crippen molar-refractivity contribution in [2.45, 2.75) is 0 Å².